The number of aromatic nitrogens is 2. The van der Waals surface area contributed by atoms with Gasteiger partial charge in [0.05, 0.1) is 13.2 Å². The Labute approximate surface area is 101 Å². The Kier molecular flexibility index (Phi) is 3.52. The van der Waals surface area contributed by atoms with Crippen LogP contribution >= 0.6 is 11.3 Å². The molecule has 9 heteroatoms. The maximum atomic E-state index is 11.8. The molecule has 2 heterocycles. The minimum Gasteiger partial charge on any atom is -0.392 e. The van der Waals surface area contributed by atoms with Crippen LogP contribution in [-0.4, -0.2) is 23.7 Å². The van der Waals surface area contributed by atoms with Crippen LogP contribution in [0.4, 0.5) is 0 Å². The lowest BCUT2D eigenvalue weighted by Gasteiger charge is -2.00. The van der Waals surface area contributed by atoms with E-state index in [4.69, 9.17) is 5.11 Å². The molecule has 2 rings (SSSR count). The first kappa shape index (κ1) is 12.2. The summed E-state index contributed by atoms with van der Waals surface area (Å²) in [6.07, 6.45) is 1.12. The molecule has 7 nitrogen and oxygen atoms in total. The molecule has 17 heavy (non-hydrogen) atoms. The highest BCUT2D eigenvalue weighted by atomic mass is 32.2. The van der Waals surface area contributed by atoms with Crippen molar-refractivity contribution in [1.29, 1.82) is 0 Å². The van der Waals surface area contributed by atoms with Crippen LogP contribution in [0, 0.1) is 0 Å². The van der Waals surface area contributed by atoms with Crippen LogP contribution in [0.25, 0.3) is 0 Å². The summed E-state index contributed by atoms with van der Waals surface area (Å²) in [5, 5.41) is 13.9. The lowest BCUT2D eigenvalue weighted by molar-refractivity contribution is 0.282. The molecule has 0 aromatic carbocycles. The first-order valence-electron chi connectivity index (χ1n) is 4.55. The predicted octanol–water partition coefficient (Wildman–Crippen LogP) is 0.102. The number of nitrogens with one attached hydrogen (secondary N) is 1. The summed E-state index contributed by atoms with van der Waals surface area (Å²) in [5.74, 6) is 0.257. The standard InChI is InChI=1S/C8H9N3O4S2/c12-3-6-1-8(16-4-6)17(13,14)10-2-7-9-5-15-11-7/h1,4-5,10,12H,2-3H2. The summed E-state index contributed by atoms with van der Waals surface area (Å²) in [6, 6.07) is 1.42. The Bertz CT molecular complexity index is 576. The average Bonchev–Trinajstić information content (AvgIpc) is 2.98. The van der Waals surface area contributed by atoms with E-state index < -0.39 is 10.0 Å². The minimum atomic E-state index is -3.59. The van der Waals surface area contributed by atoms with Gasteiger partial charge in [-0.3, -0.25) is 0 Å². The largest absolute Gasteiger partial charge is 0.392 e. The molecule has 0 aliphatic rings. The Morgan fingerprint density at radius 3 is 2.94 bits per heavy atom. The molecule has 2 aromatic heterocycles. The van der Waals surface area contributed by atoms with Crippen LogP contribution in [0.1, 0.15) is 11.4 Å². The molecule has 0 aliphatic heterocycles. The highest BCUT2D eigenvalue weighted by Gasteiger charge is 2.17. The van der Waals surface area contributed by atoms with Gasteiger partial charge in [0.15, 0.2) is 5.82 Å². The van der Waals surface area contributed by atoms with Gasteiger partial charge in [0.25, 0.3) is 0 Å². The second-order valence-electron chi connectivity index (χ2n) is 3.10. The highest BCUT2D eigenvalue weighted by molar-refractivity contribution is 7.91. The topological polar surface area (TPSA) is 105 Å². The molecule has 0 saturated heterocycles. The van der Waals surface area contributed by atoms with E-state index in [-0.39, 0.29) is 23.2 Å². The van der Waals surface area contributed by atoms with E-state index in [0.717, 1.165) is 17.7 Å². The van der Waals surface area contributed by atoms with Crippen molar-refractivity contribution in [2.45, 2.75) is 17.4 Å². The van der Waals surface area contributed by atoms with Crippen LogP contribution < -0.4 is 4.72 Å². The fourth-order valence-corrected chi connectivity index (χ4v) is 3.30. The quantitative estimate of drug-likeness (QED) is 0.802. The van der Waals surface area contributed by atoms with Crippen LogP contribution in [0.5, 0.6) is 0 Å². The van der Waals surface area contributed by atoms with Crippen LogP contribution in [0.2, 0.25) is 0 Å². The highest BCUT2D eigenvalue weighted by Crippen LogP contribution is 2.20. The number of hydrogen-bond acceptors (Lipinski definition) is 7. The zero-order valence-electron chi connectivity index (χ0n) is 8.53. The number of aliphatic hydroxyl groups excluding tert-OH is 1. The summed E-state index contributed by atoms with van der Waals surface area (Å²) in [7, 11) is -3.59. The first-order valence-corrected chi connectivity index (χ1v) is 6.91. The molecule has 0 amide bonds. The van der Waals surface area contributed by atoms with E-state index in [1.165, 1.54) is 6.07 Å². The number of aliphatic hydroxyl groups is 1. The van der Waals surface area contributed by atoms with Crippen LogP contribution in [0.3, 0.4) is 0 Å². The molecule has 0 spiro atoms. The number of sulfonamides is 1. The summed E-state index contributed by atoms with van der Waals surface area (Å²) < 4.78 is 30.5. The lowest BCUT2D eigenvalue weighted by Crippen LogP contribution is -2.22. The average molecular weight is 275 g/mol. The van der Waals surface area contributed by atoms with Gasteiger partial charge in [-0.05, 0) is 17.0 Å². The van der Waals surface area contributed by atoms with Gasteiger partial charge in [-0.15, -0.1) is 11.3 Å². The Balaban J connectivity index is 2.08. The third-order valence-corrected chi connectivity index (χ3v) is 4.79. The number of rotatable bonds is 5. The smallest absolute Gasteiger partial charge is 0.250 e. The number of hydrogen-bond donors (Lipinski definition) is 2. The predicted molar refractivity (Wildman–Crippen MR) is 58.6 cm³/mol. The van der Waals surface area contributed by atoms with Crippen molar-refractivity contribution in [3.8, 4) is 0 Å². The molecule has 2 N–H and O–H groups in total. The monoisotopic (exact) mass is 275 g/mol. The minimum absolute atomic E-state index is 0.0365. The van der Waals surface area contributed by atoms with Gasteiger partial charge in [-0.2, -0.15) is 4.98 Å². The van der Waals surface area contributed by atoms with Gasteiger partial charge in [-0.1, -0.05) is 5.16 Å². The molecule has 2 aromatic rings. The second kappa shape index (κ2) is 4.92. The Morgan fingerprint density at radius 2 is 2.35 bits per heavy atom. The van der Waals surface area contributed by atoms with Crippen molar-refractivity contribution in [2.75, 3.05) is 0 Å². The molecule has 0 saturated carbocycles. The molecule has 92 valence electrons. The van der Waals surface area contributed by atoms with E-state index in [1.807, 2.05) is 0 Å². The SMILES string of the molecule is O=S(=O)(NCc1ncon1)c1cc(CO)cs1. The molecule has 0 radical (unpaired) electrons. The van der Waals surface area contributed by atoms with Crippen LogP contribution in [0.15, 0.2) is 26.6 Å². The molecule has 0 aliphatic carbocycles. The number of nitrogens with zero attached hydrogens (tertiary/aromatic N) is 2. The van der Waals surface area contributed by atoms with Gasteiger partial charge in [0.2, 0.25) is 16.4 Å². The van der Waals surface area contributed by atoms with Gasteiger partial charge in [0, 0.05) is 0 Å². The third kappa shape index (κ3) is 2.88. The molecule has 0 bridgehead atoms. The van der Waals surface area contributed by atoms with Crippen molar-refractivity contribution >= 4 is 21.4 Å². The third-order valence-electron chi connectivity index (χ3n) is 1.90. The maximum Gasteiger partial charge on any atom is 0.250 e. The van der Waals surface area contributed by atoms with E-state index in [2.05, 4.69) is 19.4 Å². The molecular formula is C8H9N3O4S2. The zero-order valence-corrected chi connectivity index (χ0v) is 10.2. The lowest BCUT2D eigenvalue weighted by atomic mass is 10.4. The fourth-order valence-electron chi connectivity index (χ4n) is 1.08. The van der Waals surface area contributed by atoms with Gasteiger partial charge in [0.1, 0.15) is 4.21 Å². The Hall–Kier alpha value is -1.29. The number of thiophene rings is 1. The van der Waals surface area contributed by atoms with Crippen LogP contribution in [-0.2, 0) is 23.2 Å². The zero-order chi connectivity index (χ0) is 12.3. The van der Waals surface area contributed by atoms with E-state index >= 15 is 0 Å². The van der Waals surface area contributed by atoms with Gasteiger partial charge < -0.3 is 9.63 Å². The van der Waals surface area contributed by atoms with Gasteiger partial charge in [-0.25, -0.2) is 13.1 Å². The van der Waals surface area contributed by atoms with Crippen molar-refractivity contribution in [2.24, 2.45) is 0 Å². The summed E-state index contributed by atoms with van der Waals surface area (Å²) >= 11 is 1.04. The summed E-state index contributed by atoms with van der Waals surface area (Å²) in [6.45, 7) is -0.220. The summed E-state index contributed by atoms with van der Waals surface area (Å²) in [5.41, 5.74) is 0.565. The van der Waals surface area contributed by atoms with E-state index in [0.29, 0.717) is 5.56 Å². The molecular weight excluding hydrogens is 266 g/mol. The van der Waals surface area contributed by atoms with E-state index in [1.54, 1.807) is 5.38 Å². The second-order valence-corrected chi connectivity index (χ2v) is 6.01. The normalized spacial score (nSPS) is 11.8. The molecule has 0 atom stereocenters. The fraction of sp³-hybridized carbons (Fsp3) is 0.250. The van der Waals surface area contributed by atoms with Crippen molar-refractivity contribution in [3.63, 3.8) is 0 Å². The van der Waals surface area contributed by atoms with Gasteiger partial charge >= 0.3 is 0 Å². The summed E-state index contributed by atoms with van der Waals surface area (Å²) in [4.78, 5) is 3.69. The van der Waals surface area contributed by atoms with Crippen molar-refractivity contribution in [1.82, 2.24) is 14.9 Å². The molecule has 0 unspecified atom stereocenters. The first-order chi connectivity index (χ1) is 8.12. The molecule has 0 fully saturated rings. The van der Waals surface area contributed by atoms with Crippen molar-refractivity contribution in [3.05, 3.63) is 29.2 Å². The van der Waals surface area contributed by atoms with E-state index in [9.17, 15) is 8.42 Å². The van der Waals surface area contributed by atoms with Crippen molar-refractivity contribution < 1.29 is 18.0 Å². The maximum absolute atomic E-state index is 11.8. The Morgan fingerprint density at radius 1 is 1.53 bits per heavy atom.